The lowest BCUT2D eigenvalue weighted by molar-refractivity contribution is -0.385. The van der Waals surface area contributed by atoms with Crippen molar-refractivity contribution in [3.05, 3.63) is 139 Å². The summed E-state index contributed by atoms with van der Waals surface area (Å²) in [5, 5.41) is 29.1. The van der Waals surface area contributed by atoms with Crippen LogP contribution in [0.3, 0.4) is 0 Å². The summed E-state index contributed by atoms with van der Waals surface area (Å²) in [4.78, 5) is 58.2. The normalized spacial score (nSPS) is 10.6. The molecule has 2 amide bonds. The number of nitro groups is 2. The molecular weight excluding hydrogens is 570 g/mol. The zero-order valence-corrected chi connectivity index (χ0v) is 22.0. The molecule has 0 radical (unpaired) electrons. The van der Waals surface area contributed by atoms with Crippen LogP contribution in [0.4, 0.5) is 17.1 Å². The van der Waals surface area contributed by atoms with Gasteiger partial charge in [-0.1, -0.05) is 11.6 Å². The molecule has 0 aliphatic rings. The third kappa shape index (κ3) is 7.37. The maximum atomic E-state index is 12.6. The SMILES string of the molecule is O=C(N/N=C/c1cc([N+](=O)[O-])ccc1OC(=O)c1ccc([N+](=O)[O-])cc1)c1ccc(NC(=O)c2ccc(Cl)cc2)cc1. The highest BCUT2D eigenvalue weighted by Gasteiger charge is 2.16. The summed E-state index contributed by atoms with van der Waals surface area (Å²) in [6, 6.07) is 20.3. The van der Waals surface area contributed by atoms with Crippen molar-refractivity contribution in [2.75, 3.05) is 5.32 Å². The van der Waals surface area contributed by atoms with Gasteiger partial charge in [-0.25, -0.2) is 10.2 Å². The van der Waals surface area contributed by atoms with E-state index in [0.717, 1.165) is 30.5 Å². The van der Waals surface area contributed by atoms with E-state index in [4.69, 9.17) is 16.3 Å². The second-order valence-electron chi connectivity index (χ2n) is 8.41. The third-order valence-corrected chi connectivity index (χ3v) is 5.85. The van der Waals surface area contributed by atoms with Crippen LogP contribution in [0, 0.1) is 20.2 Å². The Balaban J connectivity index is 1.43. The maximum absolute atomic E-state index is 12.6. The summed E-state index contributed by atoms with van der Waals surface area (Å²) in [5.74, 6) is -1.98. The second-order valence-corrected chi connectivity index (χ2v) is 8.85. The summed E-state index contributed by atoms with van der Waals surface area (Å²) in [5.41, 5.74) is 2.76. The van der Waals surface area contributed by atoms with E-state index >= 15 is 0 Å². The topological polar surface area (TPSA) is 183 Å². The first-order valence-electron chi connectivity index (χ1n) is 11.9. The number of ether oxygens (including phenoxy) is 1. The van der Waals surface area contributed by atoms with Gasteiger partial charge in [0.2, 0.25) is 0 Å². The molecule has 13 nitrogen and oxygen atoms in total. The summed E-state index contributed by atoms with van der Waals surface area (Å²) in [6.45, 7) is 0. The number of anilines is 1. The first-order chi connectivity index (χ1) is 20.1. The van der Waals surface area contributed by atoms with Crippen LogP contribution in [0.5, 0.6) is 5.75 Å². The molecule has 0 saturated carbocycles. The van der Waals surface area contributed by atoms with Gasteiger partial charge in [0.1, 0.15) is 5.75 Å². The largest absolute Gasteiger partial charge is 0.422 e. The van der Waals surface area contributed by atoms with Gasteiger partial charge in [-0.15, -0.1) is 0 Å². The van der Waals surface area contributed by atoms with Gasteiger partial charge in [-0.05, 0) is 66.7 Å². The zero-order valence-electron chi connectivity index (χ0n) is 21.2. The number of carbonyl (C=O) groups excluding carboxylic acids is 3. The van der Waals surface area contributed by atoms with E-state index < -0.39 is 21.7 Å². The van der Waals surface area contributed by atoms with Crippen molar-refractivity contribution in [2.24, 2.45) is 5.10 Å². The quantitative estimate of drug-likeness (QED) is 0.0858. The van der Waals surface area contributed by atoms with Crippen molar-refractivity contribution in [3.63, 3.8) is 0 Å². The number of non-ortho nitro benzene ring substituents is 2. The van der Waals surface area contributed by atoms with Gasteiger partial charge in [0, 0.05) is 51.7 Å². The van der Waals surface area contributed by atoms with Gasteiger partial charge in [0.05, 0.1) is 21.6 Å². The number of hydrazone groups is 1. The summed E-state index contributed by atoms with van der Waals surface area (Å²) in [6.07, 6.45) is 1.06. The molecule has 0 bridgehead atoms. The van der Waals surface area contributed by atoms with Crippen LogP contribution >= 0.6 is 11.6 Å². The number of rotatable bonds is 9. The lowest BCUT2D eigenvalue weighted by Crippen LogP contribution is -2.18. The molecule has 0 atom stereocenters. The summed E-state index contributed by atoms with van der Waals surface area (Å²) >= 11 is 5.83. The predicted octanol–water partition coefficient (Wildman–Crippen LogP) is 5.39. The Morgan fingerprint density at radius 1 is 0.738 bits per heavy atom. The van der Waals surface area contributed by atoms with Gasteiger partial charge in [0.25, 0.3) is 23.2 Å². The fourth-order valence-corrected chi connectivity index (χ4v) is 3.58. The van der Waals surface area contributed by atoms with Gasteiger partial charge in [-0.3, -0.25) is 29.8 Å². The maximum Gasteiger partial charge on any atom is 0.343 e. The highest BCUT2D eigenvalue weighted by Crippen LogP contribution is 2.24. The average molecular weight is 588 g/mol. The molecule has 0 aliphatic carbocycles. The number of halogens is 1. The highest BCUT2D eigenvalue weighted by atomic mass is 35.5. The number of carbonyl (C=O) groups is 3. The van der Waals surface area contributed by atoms with Crippen molar-refractivity contribution in [2.45, 2.75) is 0 Å². The monoisotopic (exact) mass is 587 g/mol. The minimum absolute atomic E-state index is 0.0000199. The lowest BCUT2D eigenvalue weighted by atomic mass is 10.1. The molecule has 0 saturated heterocycles. The number of hydrogen-bond donors (Lipinski definition) is 2. The van der Waals surface area contributed by atoms with E-state index in [-0.39, 0.29) is 39.7 Å². The van der Waals surface area contributed by atoms with E-state index in [1.165, 1.54) is 42.5 Å². The summed E-state index contributed by atoms with van der Waals surface area (Å²) < 4.78 is 5.32. The molecule has 0 spiro atoms. The Kier molecular flexibility index (Phi) is 8.94. The Labute approximate surface area is 241 Å². The van der Waals surface area contributed by atoms with Crippen molar-refractivity contribution in [3.8, 4) is 5.75 Å². The Morgan fingerprint density at radius 2 is 1.29 bits per heavy atom. The highest BCUT2D eigenvalue weighted by molar-refractivity contribution is 6.30. The van der Waals surface area contributed by atoms with Crippen molar-refractivity contribution in [1.29, 1.82) is 0 Å². The number of hydrogen-bond acceptors (Lipinski definition) is 9. The van der Waals surface area contributed by atoms with Gasteiger partial charge < -0.3 is 10.1 Å². The van der Waals surface area contributed by atoms with E-state index in [1.807, 2.05) is 0 Å². The van der Waals surface area contributed by atoms with Crippen LogP contribution in [0.15, 0.2) is 96.1 Å². The van der Waals surface area contributed by atoms with E-state index in [1.54, 1.807) is 24.3 Å². The Bertz CT molecular complexity index is 1710. The second kappa shape index (κ2) is 12.9. The number of nitrogens with zero attached hydrogens (tertiary/aromatic N) is 3. The average Bonchev–Trinajstić information content (AvgIpc) is 2.98. The van der Waals surface area contributed by atoms with Crippen molar-refractivity contribution < 1.29 is 29.0 Å². The summed E-state index contributed by atoms with van der Waals surface area (Å²) in [7, 11) is 0. The lowest BCUT2D eigenvalue weighted by Gasteiger charge is -2.08. The molecule has 0 aromatic heterocycles. The van der Waals surface area contributed by atoms with Crippen molar-refractivity contribution in [1.82, 2.24) is 5.43 Å². The van der Waals surface area contributed by atoms with Gasteiger partial charge in [0.15, 0.2) is 0 Å². The molecular formula is C28H18ClN5O8. The molecule has 4 rings (SSSR count). The third-order valence-electron chi connectivity index (χ3n) is 5.60. The minimum Gasteiger partial charge on any atom is -0.422 e. The number of amides is 2. The zero-order chi connectivity index (χ0) is 30.2. The number of esters is 1. The van der Waals surface area contributed by atoms with Crippen LogP contribution in [-0.4, -0.2) is 33.8 Å². The van der Waals surface area contributed by atoms with Gasteiger partial charge in [-0.2, -0.15) is 5.10 Å². The molecule has 14 heteroatoms. The standard InChI is InChI=1S/C28H18ClN5O8/c29-21-7-1-17(2-8-21)26(35)31-22-9-3-18(4-10-22)27(36)32-30-16-20-15-24(34(40)41)13-14-25(20)42-28(37)19-5-11-23(12-6-19)33(38)39/h1-16H,(H,31,35)(H,32,36)/b30-16+. The minimum atomic E-state index is -0.874. The molecule has 4 aromatic carbocycles. The number of benzene rings is 4. The van der Waals surface area contributed by atoms with Crippen molar-refractivity contribution >= 4 is 52.7 Å². The van der Waals surface area contributed by atoms with Crippen LogP contribution in [0.25, 0.3) is 0 Å². The van der Waals surface area contributed by atoms with Crippen LogP contribution in [0.1, 0.15) is 36.6 Å². The van der Waals surface area contributed by atoms with E-state index in [2.05, 4.69) is 15.8 Å². The molecule has 0 unspecified atom stereocenters. The molecule has 0 fully saturated rings. The number of nitro benzene ring substituents is 2. The Morgan fingerprint density at radius 3 is 1.90 bits per heavy atom. The fourth-order valence-electron chi connectivity index (χ4n) is 3.46. The van der Waals surface area contributed by atoms with Crippen LogP contribution in [0.2, 0.25) is 5.02 Å². The van der Waals surface area contributed by atoms with E-state index in [9.17, 15) is 34.6 Å². The van der Waals surface area contributed by atoms with Gasteiger partial charge >= 0.3 is 5.97 Å². The number of nitrogens with one attached hydrogen (secondary N) is 2. The molecule has 4 aromatic rings. The first kappa shape index (κ1) is 29.0. The van der Waals surface area contributed by atoms with Crippen LogP contribution < -0.4 is 15.5 Å². The van der Waals surface area contributed by atoms with Crippen LogP contribution in [-0.2, 0) is 0 Å². The molecule has 0 aliphatic heterocycles. The molecule has 2 N–H and O–H groups in total. The smallest absolute Gasteiger partial charge is 0.343 e. The fraction of sp³-hybridized carbons (Fsp3) is 0. The predicted molar refractivity (Wildman–Crippen MR) is 152 cm³/mol. The molecule has 0 heterocycles. The van der Waals surface area contributed by atoms with E-state index in [0.29, 0.717) is 16.3 Å². The molecule has 210 valence electrons. The first-order valence-corrected chi connectivity index (χ1v) is 12.2. The Hall–Kier alpha value is -5.95. The molecule has 42 heavy (non-hydrogen) atoms.